The molecule has 0 atom stereocenters. The Kier molecular flexibility index (Phi) is 2.94. The minimum absolute atomic E-state index is 0.0762. The molecule has 2 aliphatic rings. The van der Waals surface area contributed by atoms with Crippen LogP contribution in [0.5, 0.6) is 0 Å². The van der Waals surface area contributed by atoms with Crippen molar-refractivity contribution in [2.24, 2.45) is 0 Å². The molecule has 2 aromatic carbocycles. The first-order valence-electron chi connectivity index (χ1n) is 7.97. The molecule has 0 unspecified atom stereocenters. The summed E-state index contributed by atoms with van der Waals surface area (Å²) in [5.74, 6) is 0. The van der Waals surface area contributed by atoms with Crippen LogP contribution in [0.2, 0.25) is 0 Å². The van der Waals surface area contributed by atoms with Crippen molar-refractivity contribution in [2.75, 3.05) is 0 Å². The molecule has 0 heterocycles. The van der Waals surface area contributed by atoms with E-state index in [1.54, 1.807) is 0 Å². The molecular weight excluding hydrogens is 264 g/mol. The van der Waals surface area contributed by atoms with E-state index in [4.69, 9.17) is 0 Å². The highest BCUT2D eigenvalue weighted by molar-refractivity contribution is 5.92. The van der Waals surface area contributed by atoms with Crippen molar-refractivity contribution < 1.29 is 0 Å². The van der Waals surface area contributed by atoms with E-state index < -0.39 is 0 Å². The van der Waals surface area contributed by atoms with E-state index >= 15 is 0 Å². The fraction of sp³-hybridized carbons (Fsp3) is 0.182. The highest BCUT2D eigenvalue weighted by Gasteiger charge is 2.36. The maximum Gasteiger partial charge on any atom is 0.0159 e. The number of benzene rings is 2. The van der Waals surface area contributed by atoms with Crippen LogP contribution in [0.4, 0.5) is 0 Å². The van der Waals surface area contributed by atoms with Gasteiger partial charge >= 0.3 is 0 Å². The van der Waals surface area contributed by atoms with Gasteiger partial charge in [0, 0.05) is 5.41 Å². The molecule has 0 N–H and O–H groups in total. The van der Waals surface area contributed by atoms with Crippen molar-refractivity contribution in [3.63, 3.8) is 0 Å². The second kappa shape index (κ2) is 4.84. The molecule has 0 aromatic heterocycles. The summed E-state index contributed by atoms with van der Waals surface area (Å²) in [4.78, 5) is 0. The van der Waals surface area contributed by atoms with Crippen LogP contribution in [0.1, 0.15) is 37.0 Å². The van der Waals surface area contributed by atoms with Crippen LogP contribution >= 0.6 is 0 Å². The van der Waals surface area contributed by atoms with E-state index in [0.717, 1.165) is 6.42 Å². The molecule has 0 aliphatic heterocycles. The van der Waals surface area contributed by atoms with Crippen LogP contribution in [0.3, 0.4) is 0 Å². The zero-order valence-electron chi connectivity index (χ0n) is 13.1. The first-order chi connectivity index (χ1) is 10.7. The predicted molar refractivity (Wildman–Crippen MR) is 94.9 cm³/mol. The standard InChI is InChI=1S/C22H20/c1-22(2)19-14-8-7-12-18(19)21-17(13-9-15-20(21)22)16-10-5-3-4-6-11-16/h3,5-15H,4H2,1-2H3. The lowest BCUT2D eigenvalue weighted by atomic mass is 9.82. The van der Waals surface area contributed by atoms with Gasteiger partial charge in [-0.3, -0.25) is 0 Å². The first kappa shape index (κ1) is 13.3. The molecule has 0 nitrogen and oxygen atoms in total. The minimum atomic E-state index is 0.0762. The largest absolute Gasteiger partial charge is 0.0807 e. The lowest BCUT2D eigenvalue weighted by molar-refractivity contribution is 0.660. The molecule has 0 radical (unpaired) electrons. The van der Waals surface area contributed by atoms with Crippen LogP contribution < -0.4 is 0 Å². The van der Waals surface area contributed by atoms with Crippen molar-refractivity contribution in [3.05, 3.63) is 89.5 Å². The van der Waals surface area contributed by atoms with Crippen molar-refractivity contribution in [2.45, 2.75) is 25.7 Å². The third kappa shape index (κ3) is 1.84. The molecule has 22 heavy (non-hydrogen) atoms. The Morgan fingerprint density at radius 2 is 1.59 bits per heavy atom. The number of rotatable bonds is 1. The number of fused-ring (bicyclic) bond motifs is 3. The molecule has 0 saturated heterocycles. The second-order valence-electron chi connectivity index (χ2n) is 6.59. The van der Waals surface area contributed by atoms with Crippen LogP contribution in [-0.2, 0) is 5.41 Å². The van der Waals surface area contributed by atoms with Gasteiger partial charge in [-0.2, -0.15) is 0 Å². The van der Waals surface area contributed by atoms with Gasteiger partial charge in [0.05, 0.1) is 0 Å². The molecule has 2 aromatic rings. The number of hydrogen-bond donors (Lipinski definition) is 0. The average Bonchev–Trinajstić information content (AvgIpc) is 2.73. The van der Waals surface area contributed by atoms with Gasteiger partial charge in [-0.1, -0.05) is 86.7 Å². The van der Waals surface area contributed by atoms with Gasteiger partial charge in [-0.15, -0.1) is 0 Å². The van der Waals surface area contributed by atoms with Gasteiger partial charge in [0.2, 0.25) is 0 Å². The second-order valence-corrected chi connectivity index (χ2v) is 6.59. The van der Waals surface area contributed by atoms with Gasteiger partial charge in [-0.05, 0) is 39.8 Å². The monoisotopic (exact) mass is 284 g/mol. The normalized spacial score (nSPS) is 17.6. The Labute approximate surface area is 132 Å². The summed E-state index contributed by atoms with van der Waals surface area (Å²) in [7, 11) is 0. The maximum atomic E-state index is 2.33. The Morgan fingerprint density at radius 3 is 2.50 bits per heavy atom. The smallest absolute Gasteiger partial charge is 0.0159 e. The number of allylic oxidation sites excluding steroid dienone is 6. The third-order valence-corrected chi connectivity index (χ3v) is 4.90. The fourth-order valence-corrected chi connectivity index (χ4v) is 3.75. The summed E-state index contributed by atoms with van der Waals surface area (Å²) in [5, 5.41) is 0. The maximum absolute atomic E-state index is 2.33. The molecule has 0 fully saturated rings. The molecule has 0 bridgehead atoms. The van der Waals surface area contributed by atoms with Gasteiger partial charge < -0.3 is 0 Å². The quantitative estimate of drug-likeness (QED) is 0.612. The topological polar surface area (TPSA) is 0 Å². The van der Waals surface area contributed by atoms with Crippen molar-refractivity contribution in [3.8, 4) is 11.1 Å². The summed E-state index contributed by atoms with van der Waals surface area (Å²) in [6, 6.07) is 15.6. The van der Waals surface area contributed by atoms with E-state index in [-0.39, 0.29) is 5.41 Å². The van der Waals surface area contributed by atoms with Crippen LogP contribution in [-0.4, -0.2) is 0 Å². The zero-order chi connectivity index (χ0) is 15.2. The SMILES string of the molecule is CC1(C)c2ccccc2-c2c(C3=CC=CCC=C3)cccc21. The van der Waals surface area contributed by atoms with E-state index in [2.05, 4.69) is 86.7 Å². The van der Waals surface area contributed by atoms with Gasteiger partial charge in [0.25, 0.3) is 0 Å². The predicted octanol–water partition coefficient (Wildman–Crippen LogP) is 5.89. The minimum Gasteiger partial charge on any atom is -0.0807 e. The molecule has 0 spiro atoms. The molecular formula is C22H20. The van der Waals surface area contributed by atoms with Gasteiger partial charge in [0.1, 0.15) is 0 Å². The lowest BCUT2D eigenvalue weighted by Gasteiger charge is -2.21. The van der Waals surface area contributed by atoms with Crippen molar-refractivity contribution >= 4 is 5.57 Å². The summed E-state index contributed by atoms with van der Waals surface area (Å²) in [6.45, 7) is 4.66. The molecule has 4 rings (SSSR count). The summed E-state index contributed by atoms with van der Waals surface area (Å²) < 4.78 is 0. The number of hydrogen-bond acceptors (Lipinski definition) is 0. The van der Waals surface area contributed by atoms with E-state index in [0.29, 0.717) is 0 Å². The van der Waals surface area contributed by atoms with Crippen molar-refractivity contribution in [1.82, 2.24) is 0 Å². The highest BCUT2D eigenvalue weighted by Crippen LogP contribution is 2.51. The van der Waals surface area contributed by atoms with Crippen LogP contribution in [0.15, 0.2) is 72.8 Å². The Balaban J connectivity index is 2.03. The van der Waals surface area contributed by atoms with Gasteiger partial charge in [0.15, 0.2) is 0 Å². The molecule has 108 valence electrons. The van der Waals surface area contributed by atoms with E-state index in [9.17, 15) is 0 Å². The average molecular weight is 284 g/mol. The molecule has 0 amide bonds. The van der Waals surface area contributed by atoms with E-state index in [1.165, 1.54) is 33.4 Å². The fourth-order valence-electron chi connectivity index (χ4n) is 3.75. The van der Waals surface area contributed by atoms with Crippen molar-refractivity contribution in [1.29, 1.82) is 0 Å². The van der Waals surface area contributed by atoms with Crippen LogP contribution in [0.25, 0.3) is 16.7 Å². The summed E-state index contributed by atoms with van der Waals surface area (Å²) >= 11 is 0. The highest BCUT2D eigenvalue weighted by atomic mass is 14.4. The zero-order valence-corrected chi connectivity index (χ0v) is 13.1. The Bertz CT molecular complexity index is 829. The Hall–Kier alpha value is -2.34. The van der Waals surface area contributed by atoms with Gasteiger partial charge in [-0.25, -0.2) is 0 Å². The summed E-state index contributed by atoms with van der Waals surface area (Å²) in [6.07, 6.45) is 12.1. The molecule has 0 heteroatoms. The van der Waals surface area contributed by atoms with Crippen LogP contribution in [0, 0.1) is 0 Å². The molecule has 2 aliphatic carbocycles. The summed E-state index contributed by atoms with van der Waals surface area (Å²) in [5.41, 5.74) is 8.40. The lowest BCUT2D eigenvalue weighted by Crippen LogP contribution is -2.14. The molecule has 0 saturated carbocycles. The Morgan fingerprint density at radius 1 is 0.818 bits per heavy atom. The third-order valence-electron chi connectivity index (χ3n) is 4.90. The van der Waals surface area contributed by atoms with E-state index in [1.807, 2.05) is 0 Å². The first-order valence-corrected chi connectivity index (χ1v) is 7.97.